The van der Waals surface area contributed by atoms with Gasteiger partial charge < -0.3 is 4.98 Å². The third-order valence-corrected chi connectivity index (χ3v) is 3.80. The first-order valence-corrected chi connectivity index (χ1v) is 6.76. The van der Waals surface area contributed by atoms with Crippen LogP contribution in [-0.4, -0.2) is 17.8 Å². The van der Waals surface area contributed by atoms with Gasteiger partial charge in [-0.25, -0.2) is 4.98 Å². The summed E-state index contributed by atoms with van der Waals surface area (Å²) >= 11 is 0. The number of rotatable bonds is 1. The molecule has 0 radical (unpaired) electrons. The molecule has 2 aromatic carbocycles. The van der Waals surface area contributed by atoms with Crippen LogP contribution in [-0.2, 0) is 0 Å². The van der Waals surface area contributed by atoms with Gasteiger partial charge in [0.2, 0.25) is 0 Å². The average Bonchev–Trinajstić information content (AvgIpc) is 2.92. The quantitative estimate of drug-likeness (QED) is 0.521. The molecule has 0 aliphatic rings. The lowest BCUT2D eigenvalue weighted by Crippen LogP contribution is -2.02. The van der Waals surface area contributed by atoms with E-state index < -0.39 is 0 Å². The Labute approximate surface area is 117 Å². The molecular weight excluding hydrogens is 243 g/mol. The number of hydrogen-bond acceptors (Lipinski definition) is 1. The van der Waals surface area contributed by atoms with Gasteiger partial charge in [0.15, 0.2) is 0 Å². The Morgan fingerprint density at radius 2 is 1.80 bits per heavy atom. The Morgan fingerprint density at radius 3 is 2.75 bits per heavy atom. The van der Waals surface area contributed by atoms with E-state index in [0.29, 0.717) is 0 Å². The second kappa shape index (κ2) is 4.24. The molecule has 4 aromatic rings. The van der Waals surface area contributed by atoms with E-state index in [-0.39, 0.29) is 0 Å². The van der Waals surface area contributed by atoms with Gasteiger partial charge in [-0.05, 0) is 12.1 Å². The normalized spacial score (nSPS) is 11.2. The first-order chi connectivity index (χ1) is 9.83. The van der Waals surface area contributed by atoms with Crippen molar-refractivity contribution in [1.29, 1.82) is 0 Å². The van der Waals surface area contributed by atoms with E-state index in [9.17, 15) is 0 Å². The summed E-state index contributed by atoms with van der Waals surface area (Å²) in [4.78, 5) is 8.14. The summed E-state index contributed by atoms with van der Waals surface area (Å²) in [7, 11) is 2.12. The molecule has 0 unspecified atom stereocenters. The standard InChI is InChI=1S/C17H13BN2/c18-14-6-3-5-12-13(10-19-17(12)14)16-9-8-11-4-1-2-7-15(11)20-16/h1-10,19H,18H2. The van der Waals surface area contributed by atoms with Crippen molar-refractivity contribution in [2.75, 3.05) is 0 Å². The average molecular weight is 256 g/mol. The summed E-state index contributed by atoms with van der Waals surface area (Å²) in [5.41, 5.74) is 5.66. The van der Waals surface area contributed by atoms with Crippen molar-refractivity contribution in [2.45, 2.75) is 0 Å². The van der Waals surface area contributed by atoms with Crippen molar-refractivity contribution >= 4 is 35.1 Å². The van der Waals surface area contributed by atoms with E-state index in [1.807, 2.05) is 12.1 Å². The van der Waals surface area contributed by atoms with Crippen LogP contribution in [0.25, 0.3) is 33.1 Å². The lowest BCUT2D eigenvalue weighted by Gasteiger charge is -2.02. The Balaban J connectivity index is 1.99. The van der Waals surface area contributed by atoms with Crippen LogP contribution in [0.3, 0.4) is 0 Å². The smallest absolute Gasteiger partial charge is 0.142 e. The number of aromatic nitrogens is 2. The van der Waals surface area contributed by atoms with Crippen LogP contribution in [0.1, 0.15) is 0 Å². The summed E-state index contributed by atoms with van der Waals surface area (Å²) < 4.78 is 0. The van der Waals surface area contributed by atoms with Gasteiger partial charge in [-0.1, -0.05) is 47.9 Å². The first kappa shape index (κ1) is 11.3. The van der Waals surface area contributed by atoms with Crippen LogP contribution in [0.2, 0.25) is 0 Å². The second-order valence-corrected chi connectivity index (χ2v) is 5.09. The molecule has 0 fully saturated rings. The Kier molecular flexibility index (Phi) is 2.39. The molecule has 0 saturated carbocycles. The van der Waals surface area contributed by atoms with Crippen LogP contribution in [0.4, 0.5) is 0 Å². The van der Waals surface area contributed by atoms with Gasteiger partial charge in [-0.2, -0.15) is 0 Å². The summed E-state index contributed by atoms with van der Waals surface area (Å²) in [5.74, 6) is 0. The zero-order chi connectivity index (χ0) is 13.5. The zero-order valence-corrected chi connectivity index (χ0v) is 11.2. The maximum atomic E-state index is 4.78. The number of pyridine rings is 1. The van der Waals surface area contributed by atoms with Crippen LogP contribution in [0, 0.1) is 0 Å². The molecule has 2 aromatic heterocycles. The molecule has 2 heterocycles. The minimum absolute atomic E-state index is 1.01. The Hall–Kier alpha value is -2.55. The van der Waals surface area contributed by atoms with Crippen molar-refractivity contribution in [3.05, 3.63) is 60.8 Å². The molecule has 0 spiro atoms. The molecule has 0 aliphatic carbocycles. The van der Waals surface area contributed by atoms with E-state index in [0.717, 1.165) is 16.8 Å². The number of nitrogens with zero attached hydrogens (tertiary/aromatic N) is 1. The molecule has 94 valence electrons. The summed E-state index contributed by atoms with van der Waals surface area (Å²) in [6, 6.07) is 18.8. The van der Waals surface area contributed by atoms with E-state index in [1.165, 1.54) is 21.8 Å². The number of nitrogens with one attached hydrogen (secondary N) is 1. The first-order valence-electron chi connectivity index (χ1n) is 6.76. The monoisotopic (exact) mass is 256 g/mol. The Morgan fingerprint density at radius 1 is 0.900 bits per heavy atom. The fourth-order valence-electron chi connectivity index (χ4n) is 2.73. The van der Waals surface area contributed by atoms with Crippen LogP contribution >= 0.6 is 0 Å². The van der Waals surface area contributed by atoms with E-state index in [1.54, 1.807) is 0 Å². The largest absolute Gasteiger partial charge is 0.361 e. The molecule has 0 atom stereocenters. The molecule has 0 bridgehead atoms. The number of aromatic amines is 1. The molecule has 20 heavy (non-hydrogen) atoms. The highest BCUT2D eigenvalue weighted by Crippen LogP contribution is 2.27. The van der Waals surface area contributed by atoms with E-state index >= 15 is 0 Å². The predicted octanol–water partition coefficient (Wildman–Crippen LogP) is 2.64. The highest BCUT2D eigenvalue weighted by atomic mass is 14.7. The molecule has 4 rings (SSSR count). The van der Waals surface area contributed by atoms with Crippen molar-refractivity contribution < 1.29 is 0 Å². The van der Waals surface area contributed by atoms with Crippen LogP contribution in [0.15, 0.2) is 60.8 Å². The number of hydrogen-bond donors (Lipinski definition) is 1. The van der Waals surface area contributed by atoms with Gasteiger partial charge in [0, 0.05) is 28.0 Å². The van der Waals surface area contributed by atoms with Gasteiger partial charge in [0.05, 0.1) is 11.2 Å². The molecule has 3 heteroatoms. The molecular formula is C17H13BN2. The summed E-state index contributed by atoms with van der Waals surface area (Å²) in [5, 5.41) is 2.40. The summed E-state index contributed by atoms with van der Waals surface area (Å²) in [6.45, 7) is 0. The van der Waals surface area contributed by atoms with E-state index in [4.69, 9.17) is 4.98 Å². The fourth-order valence-corrected chi connectivity index (χ4v) is 2.73. The maximum absolute atomic E-state index is 4.78. The minimum Gasteiger partial charge on any atom is -0.361 e. The zero-order valence-electron chi connectivity index (χ0n) is 11.2. The fraction of sp³-hybridized carbons (Fsp3) is 0. The maximum Gasteiger partial charge on any atom is 0.142 e. The van der Waals surface area contributed by atoms with Gasteiger partial charge in [0.1, 0.15) is 7.85 Å². The highest BCUT2D eigenvalue weighted by molar-refractivity contribution is 6.38. The Bertz CT molecular complexity index is 924. The van der Waals surface area contributed by atoms with Crippen molar-refractivity contribution in [3.8, 4) is 11.3 Å². The van der Waals surface area contributed by atoms with Gasteiger partial charge in [0.25, 0.3) is 0 Å². The predicted molar refractivity (Wildman–Crippen MR) is 87.2 cm³/mol. The van der Waals surface area contributed by atoms with Crippen LogP contribution in [0.5, 0.6) is 0 Å². The second-order valence-electron chi connectivity index (χ2n) is 5.09. The van der Waals surface area contributed by atoms with Gasteiger partial charge in [-0.3, -0.25) is 0 Å². The lowest BCUT2D eigenvalue weighted by atomic mass is 9.93. The van der Waals surface area contributed by atoms with E-state index in [2.05, 4.69) is 61.5 Å². The highest BCUT2D eigenvalue weighted by Gasteiger charge is 2.08. The van der Waals surface area contributed by atoms with Crippen LogP contribution < -0.4 is 5.46 Å². The molecule has 2 nitrogen and oxygen atoms in total. The topological polar surface area (TPSA) is 28.7 Å². The van der Waals surface area contributed by atoms with Gasteiger partial charge >= 0.3 is 0 Å². The van der Waals surface area contributed by atoms with Crippen molar-refractivity contribution in [3.63, 3.8) is 0 Å². The van der Waals surface area contributed by atoms with Gasteiger partial charge in [-0.15, -0.1) is 0 Å². The minimum atomic E-state index is 1.01. The SMILES string of the molecule is Bc1cccc2c(-c3ccc4ccccc4n3)c[nH]c12. The molecule has 0 amide bonds. The number of H-pyrrole nitrogens is 1. The number of benzene rings is 2. The number of fused-ring (bicyclic) bond motifs is 2. The van der Waals surface area contributed by atoms with Crippen molar-refractivity contribution in [1.82, 2.24) is 9.97 Å². The summed E-state index contributed by atoms with van der Waals surface area (Å²) in [6.07, 6.45) is 2.05. The molecule has 0 aliphatic heterocycles. The lowest BCUT2D eigenvalue weighted by molar-refractivity contribution is 1.40. The number of para-hydroxylation sites is 2. The third kappa shape index (κ3) is 1.63. The third-order valence-electron chi connectivity index (χ3n) is 3.80. The van der Waals surface area contributed by atoms with Crippen molar-refractivity contribution in [2.24, 2.45) is 0 Å². The molecule has 0 saturated heterocycles. The molecule has 1 N–H and O–H groups in total.